The molecule has 1 aliphatic carbocycles. The Morgan fingerprint density at radius 3 is 2.69 bits per heavy atom. The molecular weight excluding hydrogens is 471 g/mol. The Bertz CT molecular complexity index is 1620. The highest BCUT2D eigenvalue weighted by molar-refractivity contribution is 5.93. The lowest BCUT2D eigenvalue weighted by Gasteiger charge is -2.27. The molecule has 1 saturated carbocycles. The Labute approximate surface area is 203 Å². The topological polar surface area (TPSA) is 82.5 Å². The second kappa shape index (κ2) is 8.63. The number of H-pyrrole nitrogens is 1. The maximum absolute atomic E-state index is 15.3. The van der Waals surface area contributed by atoms with E-state index in [-0.39, 0.29) is 35.2 Å². The van der Waals surface area contributed by atoms with E-state index in [1.807, 2.05) is 11.0 Å². The van der Waals surface area contributed by atoms with Gasteiger partial charge in [0.25, 0.3) is 11.5 Å². The summed E-state index contributed by atoms with van der Waals surface area (Å²) in [5.74, 6) is -2.28. The number of pyridine rings is 1. The third-order valence-electron chi connectivity index (χ3n) is 6.78. The zero-order valence-corrected chi connectivity index (χ0v) is 19.2. The van der Waals surface area contributed by atoms with Gasteiger partial charge in [0.1, 0.15) is 16.7 Å². The lowest BCUT2D eigenvalue weighted by molar-refractivity contribution is 0.0945. The van der Waals surface area contributed by atoms with Crippen molar-refractivity contribution in [2.24, 2.45) is 0 Å². The van der Waals surface area contributed by atoms with E-state index in [0.717, 1.165) is 18.4 Å². The van der Waals surface area contributed by atoms with Gasteiger partial charge in [-0.25, -0.2) is 13.8 Å². The summed E-state index contributed by atoms with van der Waals surface area (Å²) in [5.41, 5.74) is 1.13. The van der Waals surface area contributed by atoms with Crippen molar-refractivity contribution in [2.75, 3.05) is 13.1 Å². The van der Waals surface area contributed by atoms with Crippen LogP contribution in [0.5, 0.6) is 0 Å². The number of halogens is 3. The van der Waals surface area contributed by atoms with Gasteiger partial charge in [-0.15, -0.1) is 0 Å². The smallest absolute Gasteiger partial charge is 0.275 e. The lowest BCUT2D eigenvalue weighted by Crippen LogP contribution is -2.29. The number of carbonyl (C=O) groups excluding carboxylic acids is 1. The molecule has 0 atom stereocenters. The molecule has 184 valence electrons. The molecule has 1 aromatic carbocycles. The van der Waals surface area contributed by atoms with E-state index in [1.54, 1.807) is 18.2 Å². The third kappa shape index (κ3) is 3.97. The van der Waals surface area contributed by atoms with Crippen molar-refractivity contribution in [2.45, 2.75) is 31.8 Å². The van der Waals surface area contributed by atoms with Crippen LogP contribution in [0, 0.1) is 17.6 Å². The van der Waals surface area contributed by atoms with Gasteiger partial charge in [0.15, 0.2) is 11.6 Å². The third-order valence-corrected chi connectivity index (χ3v) is 6.78. The number of aromatic amines is 1. The Hall–Kier alpha value is -3.92. The van der Waals surface area contributed by atoms with Crippen LogP contribution in [0.1, 0.15) is 40.9 Å². The normalized spacial score (nSPS) is 16.5. The zero-order valence-electron chi connectivity index (χ0n) is 19.2. The van der Waals surface area contributed by atoms with E-state index in [1.165, 1.54) is 22.7 Å². The summed E-state index contributed by atoms with van der Waals surface area (Å²) in [6.07, 6.45) is 5.68. The first-order chi connectivity index (χ1) is 17.4. The van der Waals surface area contributed by atoms with Crippen LogP contribution in [0.4, 0.5) is 13.2 Å². The zero-order chi connectivity index (χ0) is 25.0. The first-order valence-electron chi connectivity index (χ1n) is 11.8. The van der Waals surface area contributed by atoms with Crippen molar-refractivity contribution in [3.05, 3.63) is 87.4 Å². The molecule has 1 amide bonds. The quantitative estimate of drug-likeness (QED) is 0.415. The van der Waals surface area contributed by atoms with Crippen molar-refractivity contribution in [1.82, 2.24) is 24.6 Å². The number of nitrogens with one attached hydrogen (secondary N) is 2. The molecule has 0 saturated heterocycles. The maximum atomic E-state index is 15.3. The Morgan fingerprint density at radius 1 is 1.14 bits per heavy atom. The van der Waals surface area contributed by atoms with Gasteiger partial charge >= 0.3 is 0 Å². The molecule has 4 heterocycles. The van der Waals surface area contributed by atoms with Crippen LogP contribution in [0.25, 0.3) is 22.1 Å². The summed E-state index contributed by atoms with van der Waals surface area (Å²) in [6, 6.07) is 7.73. The van der Waals surface area contributed by atoms with Crippen LogP contribution in [0.2, 0.25) is 0 Å². The number of aromatic nitrogens is 3. The number of nitrogens with zero attached hydrogens (tertiary/aromatic N) is 3. The van der Waals surface area contributed by atoms with Crippen molar-refractivity contribution in [3.8, 4) is 0 Å². The molecule has 1 fully saturated rings. The van der Waals surface area contributed by atoms with Gasteiger partial charge in [-0.3, -0.25) is 14.5 Å². The van der Waals surface area contributed by atoms with Crippen LogP contribution in [0.3, 0.4) is 0 Å². The molecule has 2 aliphatic rings. The second-order valence-corrected chi connectivity index (χ2v) is 9.27. The molecule has 0 bridgehead atoms. The van der Waals surface area contributed by atoms with E-state index in [4.69, 9.17) is 0 Å². The molecule has 0 radical (unpaired) electrons. The molecule has 1 aliphatic heterocycles. The number of hydrogen-bond donors (Lipinski definition) is 2. The second-order valence-electron chi connectivity index (χ2n) is 9.27. The largest absolute Gasteiger partial charge is 0.348 e. The summed E-state index contributed by atoms with van der Waals surface area (Å²) in [6.45, 7) is 1.31. The maximum Gasteiger partial charge on any atom is 0.275 e. The highest BCUT2D eigenvalue weighted by Crippen LogP contribution is 2.27. The Kier molecular flexibility index (Phi) is 5.40. The highest BCUT2D eigenvalue weighted by atomic mass is 19.1. The number of carbonyl (C=O) groups is 1. The fourth-order valence-electron chi connectivity index (χ4n) is 4.68. The summed E-state index contributed by atoms with van der Waals surface area (Å²) in [5, 5.41) is 2.80. The molecule has 0 spiro atoms. The molecule has 36 heavy (non-hydrogen) atoms. The standard InChI is InChI=1S/C26H22F3N5O2/c27-18-9-12-34-20-6-1-15(21(28)22(20)32-26(36)23(18)34)13-33-10-7-14(8-11-33)17-4-5-19(31-24(17)29)25(35)30-16-2-3-16/h1,4-7,9,12,16H,2-3,8,10-11,13H2,(H,30,35)(H,32,36). The van der Waals surface area contributed by atoms with E-state index in [2.05, 4.69) is 15.3 Å². The predicted molar refractivity (Wildman–Crippen MR) is 128 cm³/mol. The minimum absolute atomic E-state index is 0.0211. The van der Waals surface area contributed by atoms with Gasteiger partial charge in [0, 0.05) is 43.0 Å². The fraction of sp³-hybridized carbons (Fsp3) is 0.269. The average Bonchev–Trinajstić information content (AvgIpc) is 3.60. The number of amides is 1. The van der Waals surface area contributed by atoms with E-state index >= 15 is 4.39 Å². The molecule has 10 heteroatoms. The van der Waals surface area contributed by atoms with Crippen molar-refractivity contribution < 1.29 is 18.0 Å². The van der Waals surface area contributed by atoms with Gasteiger partial charge in [-0.2, -0.15) is 4.39 Å². The monoisotopic (exact) mass is 493 g/mol. The van der Waals surface area contributed by atoms with Gasteiger partial charge < -0.3 is 14.7 Å². The number of fused-ring (bicyclic) bond motifs is 3. The minimum atomic E-state index is -0.696. The Balaban J connectivity index is 1.20. The summed E-state index contributed by atoms with van der Waals surface area (Å²) in [7, 11) is 0. The van der Waals surface area contributed by atoms with Crippen LogP contribution in [-0.2, 0) is 6.54 Å². The van der Waals surface area contributed by atoms with Gasteiger partial charge in [-0.1, -0.05) is 12.1 Å². The van der Waals surface area contributed by atoms with Crippen LogP contribution in [0.15, 0.2) is 47.4 Å². The molecule has 3 aromatic heterocycles. The summed E-state index contributed by atoms with van der Waals surface area (Å²) >= 11 is 0. The van der Waals surface area contributed by atoms with E-state index in [0.29, 0.717) is 36.2 Å². The van der Waals surface area contributed by atoms with E-state index in [9.17, 15) is 18.4 Å². The molecule has 2 N–H and O–H groups in total. The first-order valence-corrected chi connectivity index (χ1v) is 11.8. The SMILES string of the molecule is O=C(NC1CC1)c1ccc(C2=CCN(Cc3ccc4c([nH]c(=O)c5c(F)ccn54)c3F)CC2)c(F)n1. The molecule has 0 unspecified atom stereocenters. The number of rotatable bonds is 5. The van der Waals surface area contributed by atoms with Gasteiger partial charge in [0.2, 0.25) is 5.95 Å². The number of hydrogen-bond acceptors (Lipinski definition) is 4. The van der Waals surface area contributed by atoms with Crippen molar-refractivity contribution in [1.29, 1.82) is 0 Å². The summed E-state index contributed by atoms with van der Waals surface area (Å²) < 4.78 is 45.3. The summed E-state index contributed by atoms with van der Waals surface area (Å²) in [4.78, 5) is 32.7. The minimum Gasteiger partial charge on any atom is -0.348 e. The predicted octanol–water partition coefficient (Wildman–Crippen LogP) is 3.77. The molecule has 4 aromatic rings. The van der Waals surface area contributed by atoms with Gasteiger partial charge in [-0.05, 0) is 49.1 Å². The number of benzene rings is 1. The fourth-order valence-corrected chi connectivity index (χ4v) is 4.68. The van der Waals surface area contributed by atoms with Crippen molar-refractivity contribution >= 4 is 28.0 Å². The highest BCUT2D eigenvalue weighted by Gasteiger charge is 2.25. The molecule has 7 nitrogen and oxygen atoms in total. The first kappa shape index (κ1) is 22.5. The van der Waals surface area contributed by atoms with Crippen molar-refractivity contribution in [3.63, 3.8) is 0 Å². The van der Waals surface area contributed by atoms with Crippen LogP contribution < -0.4 is 10.9 Å². The van der Waals surface area contributed by atoms with Crippen LogP contribution >= 0.6 is 0 Å². The Morgan fingerprint density at radius 2 is 1.97 bits per heavy atom. The van der Waals surface area contributed by atoms with Crippen LogP contribution in [-0.4, -0.2) is 44.3 Å². The van der Waals surface area contributed by atoms with E-state index < -0.39 is 23.1 Å². The molecule has 6 rings (SSSR count). The lowest BCUT2D eigenvalue weighted by atomic mass is 10.00. The molecular formula is C26H22F3N5O2. The average molecular weight is 493 g/mol. The van der Waals surface area contributed by atoms with Gasteiger partial charge in [0.05, 0.1) is 5.52 Å².